The molecule has 0 heterocycles. The van der Waals surface area contributed by atoms with Gasteiger partial charge in [0.2, 0.25) is 0 Å². The number of carbonyl (C=O) groups is 1. The SMILES string of the molecule is Cc1c(N)cc(C(=O)O)cc1Cl. The first-order valence-corrected chi connectivity index (χ1v) is 3.69. The normalized spacial score (nSPS) is 9.83. The summed E-state index contributed by atoms with van der Waals surface area (Å²) in [6, 6.07) is 2.78. The van der Waals surface area contributed by atoms with Crippen molar-refractivity contribution in [1.82, 2.24) is 0 Å². The quantitative estimate of drug-likeness (QED) is 0.658. The van der Waals surface area contributed by atoms with Crippen molar-refractivity contribution < 1.29 is 9.90 Å². The van der Waals surface area contributed by atoms with Gasteiger partial charge < -0.3 is 10.8 Å². The third kappa shape index (κ3) is 1.51. The summed E-state index contributed by atoms with van der Waals surface area (Å²) < 4.78 is 0. The van der Waals surface area contributed by atoms with E-state index in [1.165, 1.54) is 12.1 Å². The van der Waals surface area contributed by atoms with Gasteiger partial charge in [-0.2, -0.15) is 0 Å². The summed E-state index contributed by atoms with van der Waals surface area (Å²) in [6.45, 7) is 1.74. The summed E-state index contributed by atoms with van der Waals surface area (Å²) in [5.74, 6) is -1.02. The number of nitrogen functional groups attached to an aromatic ring is 1. The van der Waals surface area contributed by atoms with Crippen molar-refractivity contribution in [2.45, 2.75) is 6.92 Å². The molecule has 0 aromatic heterocycles. The lowest BCUT2D eigenvalue weighted by Crippen LogP contribution is -1.99. The highest BCUT2D eigenvalue weighted by atomic mass is 35.5. The molecule has 1 aromatic rings. The van der Waals surface area contributed by atoms with E-state index in [1.54, 1.807) is 6.92 Å². The number of halogens is 1. The Morgan fingerprint density at radius 1 is 1.58 bits per heavy atom. The molecule has 0 bridgehead atoms. The molecule has 3 nitrogen and oxygen atoms in total. The van der Waals surface area contributed by atoms with Crippen LogP contribution in [0.4, 0.5) is 5.69 Å². The van der Waals surface area contributed by atoms with Gasteiger partial charge in [0, 0.05) is 10.7 Å². The molecule has 0 aliphatic carbocycles. The van der Waals surface area contributed by atoms with Crippen molar-refractivity contribution in [3.05, 3.63) is 28.3 Å². The molecule has 64 valence electrons. The van der Waals surface area contributed by atoms with Crippen molar-refractivity contribution in [1.29, 1.82) is 0 Å². The summed E-state index contributed by atoms with van der Waals surface area (Å²) in [5.41, 5.74) is 6.74. The highest BCUT2D eigenvalue weighted by Crippen LogP contribution is 2.23. The molecule has 3 N–H and O–H groups in total. The van der Waals surface area contributed by atoms with Crippen LogP contribution in [0.2, 0.25) is 5.02 Å². The molecule has 12 heavy (non-hydrogen) atoms. The van der Waals surface area contributed by atoms with E-state index < -0.39 is 5.97 Å². The molecule has 0 aliphatic heterocycles. The van der Waals surface area contributed by atoms with Crippen molar-refractivity contribution in [3.8, 4) is 0 Å². The maximum absolute atomic E-state index is 10.5. The molecule has 0 amide bonds. The molecule has 0 spiro atoms. The van der Waals surface area contributed by atoms with Gasteiger partial charge in [-0.25, -0.2) is 4.79 Å². The molecule has 0 radical (unpaired) electrons. The van der Waals surface area contributed by atoms with Crippen LogP contribution in [-0.4, -0.2) is 11.1 Å². The van der Waals surface area contributed by atoms with Crippen LogP contribution in [0.5, 0.6) is 0 Å². The number of hydrogen-bond donors (Lipinski definition) is 2. The molecule has 0 aliphatic rings. The molecule has 0 atom stereocenters. The second-order valence-corrected chi connectivity index (χ2v) is 2.88. The third-order valence-corrected chi connectivity index (χ3v) is 2.02. The van der Waals surface area contributed by atoms with Crippen LogP contribution in [0, 0.1) is 6.92 Å². The fourth-order valence-corrected chi connectivity index (χ4v) is 1.05. The van der Waals surface area contributed by atoms with Gasteiger partial charge in [0.15, 0.2) is 0 Å². The zero-order chi connectivity index (χ0) is 9.30. The smallest absolute Gasteiger partial charge is 0.335 e. The molecular weight excluding hydrogens is 178 g/mol. The minimum absolute atomic E-state index is 0.114. The Balaban J connectivity index is 3.31. The van der Waals surface area contributed by atoms with Gasteiger partial charge in [0.25, 0.3) is 0 Å². The molecule has 1 rings (SSSR count). The highest BCUT2D eigenvalue weighted by Gasteiger charge is 2.07. The number of carboxylic acids is 1. The lowest BCUT2D eigenvalue weighted by Gasteiger charge is -2.03. The van der Waals surface area contributed by atoms with Gasteiger partial charge in [0.1, 0.15) is 0 Å². The van der Waals surface area contributed by atoms with Gasteiger partial charge in [-0.05, 0) is 24.6 Å². The van der Waals surface area contributed by atoms with Gasteiger partial charge >= 0.3 is 5.97 Å². The first-order valence-electron chi connectivity index (χ1n) is 3.31. The van der Waals surface area contributed by atoms with Gasteiger partial charge in [-0.1, -0.05) is 11.6 Å². The number of aromatic carboxylic acids is 1. The Morgan fingerprint density at radius 3 is 2.58 bits per heavy atom. The van der Waals surface area contributed by atoms with Gasteiger partial charge in [0.05, 0.1) is 5.56 Å². The standard InChI is InChI=1S/C8H8ClNO2/c1-4-6(9)2-5(8(11)12)3-7(4)10/h2-3H,10H2,1H3,(H,11,12). The predicted molar refractivity (Wildman–Crippen MR) is 47.6 cm³/mol. The molecule has 1 aromatic carbocycles. The number of rotatable bonds is 1. The molecule has 4 heteroatoms. The monoisotopic (exact) mass is 185 g/mol. The topological polar surface area (TPSA) is 63.3 Å². The van der Waals surface area contributed by atoms with E-state index in [0.717, 1.165) is 0 Å². The zero-order valence-electron chi connectivity index (χ0n) is 6.47. The Labute approximate surface area is 74.8 Å². The average Bonchev–Trinajstić information content (AvgIpc) is 1.99. The van der Waals surface area contributed by atoms with E-state index >= 15 is 0 Å². The summed E-state index contributed by atoms with van der Waals surface area (Å²) in [7, 11) is 0. The number of benzene rings is 1. The Kier molecular flexibility index (Phi) is 2.24. The van der Waals surface area contributed by atoms with E-state index in [4.69, 9.17) is 22.4 Å². The minimum atomic E-state index is -1.02. The van der Waals surface area contributed by atoms with Crippen LogP contribution in [0.25, 0.3) is 0 Å². The third-order valence-electron chi connectivity index (χ3n) is 1.63. The van der Waals surface area contributed by atoms with Crippen LogP contribution in [0.15, 0.2) is 12.1 Å². The zero-order valence-corrected chi connectivity index (χ0v) is 7.22. The fourth-order valence-electron chi connectivity index (χ4n) is 0.824. The van der Waals surface area contributed by atoms with E-state index in [1.807, 2.05) is 0 Å². The summed E-state index contributed by atoms with van der Waals surface area (Å²) in [6.07, 6.45) is 0. The van der Waals surface area contributed by atoms with Crippen LogP contribution in [0.1, 0.15) is 15.9 Å². The van der Waals surface area contributed by atoms with Crippen molar-refractivity contribution in [3.63, 3.8) is 0 Å². The van der Waals surface area contributed by atoms with Crippen LogP contribution < -0.4 is 5.73 Å². The molecule has 0 saturated heterocycles. The average molecular weight is 186 g/mol. The Morgan fingerprint density at radius 2 is 2.17 bits per heavy atom. The van der Waals surface area contributed by atoms with Crippen LogP contribution in [-0.2, 0) is 0 Å². The Hall–Kier alpha value is -1.22. The molecule has 0 fully saturated rings. The van der Waals surface area contributed by atoms with Crippen molar-refractivity contribution >= 4 is 23.3 Å². The van der Waals surface area contributed by atoms with Crippen molar-refractivity contribution in [2.75, 3.05) is 5.73 Å². The van der Waals surface area contributed by atoms with Crippen LogP contribution in [0.3, 0.4) is 0 Å². The predicted octanol–water partition coefficient (Wildman–Crippen LogP) is 1.93. The fraction of sp³-hybridized carbons (Fsp3) is 0.125. The summed E-state index contributed by atoms with van der Waals surface area (Å²) in [4.78, 5) is 10.5. The van der Waals surface area contributed by atoms with E-state index in [9.17, 15) is 4.79 Å². The first-order chi connectivity index (χ1) is 5.52. The maximum atomic E-state index is 10.5. The lowest BCUT2D eigenvalue weighted by molar-refractivity contribution is 0.0697. The second-order valence-electron chi connectivity index (χ2n) is 2.48. The maximum Gasteiger partial charge on any atom is 0.335 e. The number of nitrogens with two attached hydrogens (primary N) is 1. The summed E-state index contributed by atoms with van der Waals surface area (Å²) in [5, 5.41) is 8.99. The molecule has 0 unspecified atom stereocenters. The van der Waals surface area contributed by atoms with E-state index in [0.29, 0.717) is 16.3 Å². The lowest BCUT2D eigenvalue weighted by atomic mass is 10.1. The molecular formula is C8H8ClNO2. The molecule has 0 saturated carbocycles. The highest BCUT2D eigenvalue weighted by molar-refractivity contribution is 6.32. The van der Waals surface area contributed by atoms with Crippen LogP contribution >= 0.6 is 11.6 Å². The van der Waals surface area contributed by atoms with E-state index in [-0.39, 0.29) is 5.56 Å². The van der Waals surface area contributed by atoms with Gasteiger partial charge in [-0.3, -0.25) is 0 Å². The minimum Gasteiger partial charge on any atom is -0.478 e. The first kappa shape index (κ1) is 8.87. The summed E-state index contributed by atoms with van der Waals surface area (Å²) >= 11 is 5.72. The number of carboxylic acid groups (broad SMARTS) is 1. The van der Waals surface area contributed by atoms with Crippen molar-refractivity contribution in [2.24, 2.45) is 0 Å². The largest absolute Gasteiger partial charge is 0.478 e. The number of hydrogen-bond acceptors (Lipinski definition) is 2. The Bertz CT molecular complexity index is 313. The van der Waals surface area contributed by atoms with E-state index in [2.05, 4.69) is 0 Å². The van der Waals surface area contributed by atoms with Gasteiger partial charge in [-0.15, -0.1) is 0 Å². The number of anilines is 1. The second kappa shape index (κ2) is 3.03.